The summed E-state index contributed by atoms with van der Waals surface area (Å²) in [4.78, 5) is 33.0. The van der Waals surface area contributed by atoms with Crippen molar-refractivity contribution in [1.29, 1.82) is 0 Å². The molecule has 0 aliphatic carbocycles. The van der Waals surface area contributed by atoms with E-state index in [1.165, 1.54) is 10.8 Å². The maximum absolute atomic E-state index is 5.62. The van der Waals surface area contributed by atoms with Crippen molar-refractivity contribution in [3.8, 4) is 79.7 Å². The zero-order chi connectivity index (χ0) is 54.8. The van der Waals surface area contributed by atoms with Crippen molar-refractivity contribution in [2.75, 3.05) is 0 Å². The van der Waals surface area contributed by atoms with Crippen molar-refractivity contribution >= 4 is 65.4 Å². The number of nitrogens with zero attached hydrogens (tertiary/aromatic N) is 9. The fourth-order valence-electron chi connectivity index (χ4n) is 12.5. The van der Waals surface area contributed by atoms with Gasteiger partial charge in [-0.15, -0.1) is 0 Å². The van der Waals surface area contributed by atoms with E-state index >= 15 is 0 Å². The fraction of sp³-hybridized carbons (Fsp3) is 0.0270. The second-order valence-electron chi connectivity index (χ2n) is 20.9. The molecule has 0 N–H and O–H groups in total. The summed E-state index contributed by atoms with van der Waals surface area (Å²) in [5.41, 5.74) is 14.5. The molecule has 0 saturated heterocycles. The highest BCUT2D eigenvalue weighted by Crippen LogP contribution is 2.47. The zero-order valence-corrected chi connectivity index (χ0v) is 44.9. The summed E-state index contributed by atoms with van der Waals surface area (Å²) >= 11 is 0. The molecule has 9 nitrogen and oxygen atoms in total. The van der Waals surface area contributed by atoms with Gasteiger partial charge >= 0.3 is 0 Å². The Bertz CT molecular complexity index is 4610. The van der Waals surface area contributed by atoms with E-state index in [1.54, 1.807) is 0 Å². The number of para-hydroxylation sites is 6. The van der Waals surface area contributed by atoms with Crippen LogP contribution in [0.25, 0.3) is 145 Å². The van der Waals surface area contributed by atoms with Crippen molar-refractivity contribution in [1.82, 2.24) is 43.6 Å². The SMILES string of the molecule is c1ccc(-c2nc(-c3ccccc3)nc(-c3cc(-c4nc(-c5ccccc5)nc(-c5ccccc5)n4)c(-n4c5ccccc5c5ccccc54)c(CCn4c5ccccc5c5ccccc54)c3-n3c4ccccc4c4ccccc43)n2)cc1. The summed E-state index contributed by atoms with van der Waals surface area (Å²) in [6.07, 6.45) is 0.542. The Balaban J connectivity index is 1.13. The van der Waals surface area contributed by atoms with E-state index in [0.29, 0.717) is 47.9 Å². The van der Waals surface area contributed by atoms with Crippen LogP contribution in [0.1, 0.15) is 5.56 Å². The number of hydrogen-bond donors (Lipinski definition) is 0. The summed E-state index contributed by atoms with van der Waals surface area (Å²) in [6.45, 7) is 0.606. The van der Waals surface area contributed by atoms with Crippen LogP contribution in [-0.4, -0.2) is 43.6 Å². The predicted octanol–water partition coefficient (Wildman–Crippen LogP) is 17.6. The minimum Gasteiger partial charge on any atom is -0.340 e. The largest absolute Gasteiger partial charge is 0.340 e. The third-order valence-electron chi connectivity index (χ3n) is 16.1. The Hall–Kier alpha value is -11.2. The Labute approximate surface area is 477 Å². The standard InChI is InChI=1S/C74H49N9/c1-5-25-48(26-6-1)69-75-70(49-27-7-2-8-28-49)78-73(77-69)59-47-60(74-79-71(50-29-9-3-10-30-50)76-72(80-74)51-31-11-4-12-32-51)68(83-65-43-23-17-37-56(65)57-38-18-24-44-66(57)83)58(45-46-81-61-39-19-13-33-52(61)53-34-14-20-40-62(53)81)67(59)82-63-41-21-15-35-54(63)55-36-16-22-42-64(55)82/h1-44,47H,45-46H2. The van der Waals surface area contributed by atoms with Crippen LogP contribution in [0.3, 0.4) is 0 Å². The van der Waals surface area contributed by atoms with Crippen LogP contribution < -0.4 is 0 Å². The van der Waals surface area contributed by atoms with Crippen LogP contribution in [0.15, 0.2) is 273 Å². The number of aryl methyl sites for hydroxylation is 1. The van der Waals surface area contributed by atoms with Gasteiger partial charge in [-0.25, -0.2) is 29.9 Å². The number of fused-ring (bicyclic) bond motifs is 9. The molecule has 390 valence electrons. The van der Waals surface area contributed by atoms with Crippen LogP contribution in [0.4, 0.5) is 0 Å². The van der Waals surface area contributed by atoms with Gasteiger partial charge in [0.1, 0.15) is 0 Å². The van der Waals surface area contributed by atoms with Gasteiger partial charge in [0.15, 0.2) is 34.9 Å². The second-order valence-corrected chi connectivity index (χ2v) is 20.9. The number of hydrogen-bond acceptors (Lipinski definition) is 6. The molecule has 0 aliphatic heterocycles. The molecule has 9 heteroatoms. The lowest BCUT2D eigenvalue weighted by atomic mass is 9.94. The molecule has 0 atom stereocenters. The molecule has 0 aliphatic rings. The van der Waals surface area contributed by atoms with Crippen molar-refractivity contribution in [2.24, 2.45) is 0 Å². The molecule has 0 spiro atoms. The summed E-state index contributed by atoms with van der Waals surface area (Å²) in [5, 5.41) is 6.95. The van der Waals surface area contributed by atoms with Gasteiger partial charge in [0.2, 0.25) is 0 Å². The van der Waals surface area contributed by atoms with E-state index in [0.717, 1.165) is 105 Å². The van der Waals surface area contributed by atoms with E-state index in [9.17, 15) is 0 Å². The summed E-state index contributed by atoms with van der Waals surface area (Å²) in [7, 11) is 0. The van der Waals surface area contributed by atoms with Gasteiger partial charge in [-0.2, -0.15) is 0 Å². The van der Waals surface area contributed by atoms with Crippen molar-refractivity contribution in [3.05, 3.63) is 279 Å². The highest BCUT2D eigenvalue weighted by atomic mass is 15.1. The molecule has 11 aromatic carbocycles. The van der Waals surface area contributed by atoms with Crippen molar-refractivity contribution < 1.29 is 0 Å². The molecule has 0 bridgehead atoms. The molecule has 5 aromatic heterocycles. The minimum atomic E-state index is 0.503. The number of rotatable bonds is 11. The quantitative estimate of drug-likeness (QED) is 0.128. The van der Waals surface area contributed by atoms with E-state index in [2.05, 4.69) is 214 Å². The molecule has 0 unspecified atom stereocenters. The fourth-order valence-corrected chi connectivity index (χ4v) is 12.5. The van der Waals surface area contributed by atoms with Crippen LogP contribution in [0, 0.1) is 0 Å². The molecule has 0 saturated carbocycles. The molecule has 0 radical (unpaired) electrons. The predicted molar refractivity (Wildman–Crippen MR) is 338 cm³/mol. The van der Waals surface area contributed by atoms with Gasteiger partial charge in [-0.1, -0.05) is 231 Å². The van der Waals surface area contributed by atoms with Gasteiger partial charge in [0.05, 0.1) is 33.4 Å². The Morgan fingerprint density at radius 3 is 0.783 bits per heavy atom. The lowest BCUT2D eigenvalue weighted by Gasteiger charge is -2.26. The van der Waals surface area contributed by atoms with Crippen molar-refractivity contribution in [3.63, 3.8) is 0 Å². The molecular weight excluding hydrogens is 1010 g/mol. The van der Waals surface area contributed by atoms with Crippen LogP contribution in [-0.2, 0) is 13.0 Å². The van der Waals surface area contributed by atoms with Gasteiger partial charge in [0, 0.05) is 88.8 Å². The maximum Gasteiger partial charge on any atom is 0.166 e. The summed E-state index contributed by atoms with van der Waals surface area (Å²) in [5.74, 6) is 3.23. The minimum absolute atomic E-state index is 0.503. The molecular formula is C74H49N9. The normalized spacial score (nSPS) is 11.7. The first-order valence-corrected chi connectivity index (χ1v) is 28.1. The van der Waals surface area contributed by atoms with Crippen LogP contribution in [0.2, 0.25) is 0 Å². The highest BCUT2D eigenvalue weighted by molar-refractivity contribution is 6.12. The number of aromatic nitrogens is 9. The first kappa shape index (κ1) is 47.8. The lowest BCUT2D eigenvalue weighted by molar-refractivity contribution is 0.739. The molecule has 16 rings (SSSR count). The van der Waals surface area contributed by atoms with E-state index in [-0.39, 0.29) is 0 Å². The monoisotopic (exact) mass is 1060 g/mol. The maximum atomic E-state index is 5.62. The molecule has 16 aromatic rings. The molecule has 5 heterocycles. The first-order chi connectivity index (χ1) is 41.2. The lowest BCUT2D eigenvalue weighted by Crippen LogP contribution is -2.14. The Kier molecular flexibility index (Phi) is 11.4. The summed E-state index contributed by atoms with van der Waals surface area (Å²) < 4.78 is 7.43. The van der Waals surface area contributed by atoms with Gasteiger partial charge in [-0.3, -0.25) is 0 Å². The number of benzene rings is 11. The van der Waals surface area contributed by atoms with Crippen molar-refractivity contribution in [2.45, 2.75) is 13.0 Å². The first-order valence-electron chi connectivity index (χ1n) is 28.1. The van der Waals surface area contributed by atoms with Gasteiger partial charge in [-0.05, 0) is 48.9 Å². The van der Waals surface area contributed by atoms with Gasteiger partial charge in [0.25, 0.3) is 0 Å². The van der Waals surface area contributed by atoms with Gasteiger partial charge < -0.3 is 13.7 Å². The average molecular weight is 1060 g/mol. The third kappa shape index (κ3) is 8.08. The summed E-state index contributed by atoms with van der Waals surface area (Å²) in [6, 6.07) is 95.7. The second kappa shape index (κ2) is 19.9. The molecule has 83 heavy (non-hydrogen) atoms. The third-order valence-corrected chi connectivity index (χ3v) is 16.1. The topological polar surface area (TPSA) is 92.1 Å². The highest BCUT2D eigenvalue weighted by Gasteiger charge is 2.31. The van der Waals surface area contributed by atoms with Crippen LogP contribution in [0.5, 0.6) is 0 Å². The smallest absolute Gasteiger partial charge is 0.166 e. The Morgan fingerprint density at radius 1 is 0.241 bits per heavy atom. The molecule has 0 amide bonds. The van der Waals surface area contributed by atoms with E-state index < -0.39 is 0 Å². The molecule has 0 fully saturated rings. The van der Waals surface area contributed by atoms with E-state index in [4.69, 9.17) is 29.9 Å². The average Bonchev–Trinajstić information content (AvgIpc) is 2.08. The van der Waals surface area contributed by atoms with E-state index in [1.807, 2.05) is 72.8 Å². The Morgan fingerprint density at radius 2 is 0.482 bits per heavy atom. The zero-order valence-electron chi connectivity index (χ0n) is 44.9. The van der Waals surface area contributed by atoms with Crippen LogP contribution >= 0.6 is 0 Å².